The van der Waals surface area contributed by atoms with Gasteiger partial charge in [0, 0.05) is 25.6 Å². The lowest BCUT2D eigenvalue weighted by Crippen LogP contribution is -2.22. The van der Waals surface area contributed by atoms with Gasteiger partial charge in [0.1, 0.15) is 17.5 Å². The average molecular weight is 220 g/mol. The number of nitrogen functional groups attached to an aromatic ring is 1. The molecule has 1 heterocycles. The highest BCUT2D eigenvalue weighted by atomic mass is 15.2. The first-order valence-corrected chi connectivity index (χ1v) is 5.92. The molecule has 0 aliphatic heterocycles. The van der Waals surface area contributed by atoms with Gasteiger partial charge in [-0.15, -0.1) is 0 Å². The Balaban J connectivity index is 2.17. The minimum atomic E-state index is 0.316. The van der Waals surface area contributed by atoms with Crippen molar-refractivity contribution in [3.8, 4) is 0 Å². The Morgan fingerprint density at radius 2 is 2.12 bits per heavy atom. The van der Waals surface area contributed by atoms with E-state index in [1.165, 1.54) is 12.8 Å². The molecule has 1 aliphatic rings. The summed E-state index contributed by atoms with van der Waals surface area (Å²) in [5.74, 6) is 3.51. The van der Waals surface area contributed by atoms with E-state index in [9.17, 15) is 0 Å². The monoisotopic (exact) mass is 220 g/mol. The fraction of sp³-hybridized carbons (Fsp3) is 0.667. The molecule has 0 radical (unpaired) electrons. The summed E-state index contributed by atoms with van der Waals surface area (Å²) in [4.78, 5) is 11.0. The molecule has 1 aromatic heterocycles. The molecule has 0 aromatic carbocycles. The molecule has 4 heteroatoms. The van der Waals surface area contributed by atoms with Crippen LogP contribution in [-0.4, -0.2) is 23.6 Å². The number of nitrogens with two attached hydrogens (primary N) is 1. The molecule has 1 aliphatic carbocycles. The molecule has 0 unspecified atom stereocenters. The van der Waals surface area contributed by atoms with Gasteiger partial charge in [0.25, 0.3) is 0 Å². The maximum absolute atomic E-state index is 5.80. The molecule has 2 rings (SSSR count). The van der Waals surface area contributed by atoms with E-state index < -0.39 is 0 Å². The standard InChI is InChI=1S/C12H20N4/c1-8(2)12-14-10(13)6-11(15-12)16(3)7-9-4-5-9/h6,8-9H,4-5,7H2,1-3H3,(H2,13,14,15). The molecule has 88 valence electrons. The molecule has 16 heavy (non-hydrogen) atoms. The highest BCUT2D eigenvalue weighted by Gasteiger charge is 2.23. The van der Waals surface area contributed by atoms with Gasteiger partial charge in [0.15, 0.2) is 0 Å². The van der Waals surface area contributed by atoms with Crippen LogP contribution in [0.15, 0.2) is 6.07 Å². The third-order valence-electron chi connectivity index (χ3n) is 2.89. The van der Waals surface area contributed by atoms with Crippen LogP contribution < -0.4 is 10.6 Å². The van der Waals surface area contributed by atoms with Gasteiger partial charge in [-0.2, -0.15) is 0 Å². The molecule has 0 bridgehead atoms. The lowest BCUT2D eigenvalue weighted by Gasteiger charge is -2.19. The maximum Gasteiger partial charge on any atom is 0.135 e. The van der Waals surface area contributed by atoms with Gasteiger partial charge in [-0.05, 0) is 18.8 Å². The first kappa shape index (κ1) is 11.2. The summed E-state index contributed by atoms with van der Waals surface area (Å²) < 4.78 is 0. The molecular formula is C12H20N4. The van der Waals surface area contributed by atoms with Crippen molar-refractivity contribution in [2.45, 2.75) is 32.6 Å². The zero-order valence-electron chi connectivity index (χ0n) is 10.3. The highest BCUT2D eigenvalue weighted by Crippen LogP contribution is 2.30. The molecule has 0 saturated heterocycles. The van der Waals surface area contributed by atoms with E-state index in [1.807, 2.05) is 6.07 Å². The summed E-state index contributed by atoms with van der Waals surface area (Å²) in [6.07, 6.45) is 2.70. The summed E-state index contributed by atoms with van der Waals surface area (Å²) in [6, 6.07) is 1.86. The van der Waals surface area contributed by atoms with E-state index in [1.54, 1.807) is 0 Å². The summed E-state index contributed by atoms with van der Waals surface area (Å²) in [5, 5.41) is 0. The Morgan fingerprint density at radius 3 is 2.69 bits per heavy atom. The molecule has 2 N–H and O–H groups in total. The Hall–Kier alpha value is -1.32. The van der Waals surface area contributed by atoms with Crippen LogP contribution in [0.25, 0.3) is 0 Å². The second-order valence-electron chi connectivity index (χ2n) is 4.99. The number of rotatable bonds is 4. The van der Waals surface area contributed by atoms with Crippen molar-refractivity contribution in [2.24, 2.45) is 5.92 Å². The Bertz CT molecular complexity index is 371. The maximum atomic E-state index is 5.80. The predicted octanol–water partition coefficient (Wildman–Crippen LogP) is 2.03. The van der Waals surface area contributed by atoms with Crippen LogP contribution in [0, 0.1) is 5.92 Å². The van der Waals surface area contributed by atoms with Crippen molar-refractivity contribution in [1.29, 1.82) is 0 Å². The van der Waals surface area contributed by atoms with E-state index in [2.05, 4.69) is 35.8 Å². The zero-order chi connectivity index (χ0) is 11.7. The summed E-state index contributed by atoms with van der Waals surface area (Å²) in [5.41, 5.74) is 5.80. The van der Waals surface area contributed by atoms with Gasteiger partial charge < -0.3 is 10.6 Å². The fourth-order valence-electron chi connectivity index (χ4n) is 1.71. The van der Waals surface area contributed by atoms with Crippen molar-refractivity contribution < 1.29 is 0 Å². The summed E-state index contributed by atoms with van der Waals surface area (Å²) in [7, 11) is 2.07. The van der Waals surface area contributed by atoms with Crippen molar-refractivity contribution in [2.75, 3.05) is 24.2 Å². The van der Waals surface area contributed by atoms with Crippen molar-refractivity contribution in [1.82, 2.24) is 9.97 Å². The molecule has 1 fully saturated rings. The van der Waals surface area contributed by atoms with Crippen LogP contribution in [0.2, 0.25) is 0 Å². The second kappa shape index (κ2) is 4.28. The van der Waals surface area contributed by atoms with Gasteiger partial charge in [-0.3, -0.25) is 0 Å². The minimum absolute atomic E-state index is 0.316. The fourth-order valence-corrected chi connectivity index (χ4v) is 1.71. The molecular weight excluding hydrogens is 200 g/mol. The predicted molar refractivity (Wildman–Crippen MR) is 66.5 cm³/mol. The lowest BCUT2D eigenvalue weighted by atomic mass is 10.2. The summed E-state index contributed by atoms with van der Waals surface area (Å²) >= 11 is 0. The molecule has 0 atom stereocenters. The first-order chi connectivity index (χ1) is 7.56. The van der Waals surface area contributed by atoms with E-state index in [0.717, 1.165) is 24.1 Å². The number of anilines is 2. The van der Waals surface area contributed by atoms with Crippen LogP contribution in [0.1, 0.15) is 38.4 Å². The van der Waals surface area contributed by atoms with Crippen molar-refractivity contribution in [3.05, 3.63) is 11.9 Å². The largest absolute Gasteiger partial charge is 0.384 e. The van der Waals surface area contributed by atoms with Gasteiger partial charge in [0.05, 0.1) is 0 Å². The van der Waals surface area contributed by atoms with E-state index in [4.69, 9.17) is 5.73 Å². The highest BCUT2D eigenvalue weighted by molar-refractivity contribution is 5.46. The Morgan fingerprint density at radius 1 is 1.44 bits per heavy atom. The van der Waals surface area contributed by atoms with E-state index in [0.29, 0.717) is 11.7 Å². The number of nitrogens with zero attached hydrogens (tertiary/aromatic N) is 3. The van der Waals surface area contributed by atoms with Crippen LogP contribution >= 0.6 is 0 Å². The molecule has 1 saturated carbocycles. The quantitative estimate of drug-likeness (QED) is 0.843. The average Bonchev–Trinajstić information content (AvgIpc) is 3.00. The summed E-state index contributed by atoms with van der Waals surface area (Å²) in [6.45, 7) is 5.24. The second-order valence-corrected chi connectivity index (χ2v) is 4.99. The molecule has 0 amide bonds. The Kier molecular flexibility index (Phi) is 2.99. The first-order valence-electron chi connectivity index (χ1n) is 5.92. The minimum Gasteiger partial charge on any atom is -0.384 e. The third kappa shape index (κ3) is 2.62. The normalized spacial score (nSPS) is 15.5. The van der Waals surface area contributed by atoms with Gasteiger partial charge in [-0.25, -0.2) is 9.97 Å². The third-order valence-corrected chi connectivity index (χ3v) is 2.89. The number of aromatic nitrogens is 2. The van der Waals surface area contributed by atoms with Crippen LogP contribution in [0.3, 0.4) is 0 Å². The van der Waals surface area contributed by atoms with E-state index in [-0.39, 0.29) is 0 Å². The SMILES string of the molecule is CC(C)c1nc(N)cc(N(C)CC2CC2)n1. The Labute approximate surface area is 96.9 Å². The number of hydrogen-bond donors (Lipinski definition) is 1. The van der Waals surface area contributed by atoms with Gasteiger partial charge >= 0.3 is 0 Å². The number of hydrogen-bond acceptors (Lipinski definition) is 4. The lowest BCUT2D eigenvalue weighted by molar-refractivity contribution is 0.743. The zero-order valence-corrected chi connectivity index (χ0v) is 10.3. The van der Waals surface area contributed by atoms with E-state index >= 15 is 0 Å². The van der Waals surface area contributed by atoms with Crippen LogP contribution in [0.4, 0.5) is 11.6 Å². The topological polar surface area (TPSA) is 55.0 Å². The smallest absolute Gasteiger partial charge is 0.135 e. The van der Waals surface area contributed by atoms with Crippen LogP contribution in [-0.2, 0) is 0 Å². The van der Waals surface area contributed by atoms with Crippen LogP contribution in [0.5, 0.6) is 0 Å². The van der Waals surface area contributed by atoms with Crippen molar-refractivity contribution >= 4 is 11.6 Å². The molecule has 1 aromatic rings. The van der Waals surface area contributed by atoms with Gasteiger partial charge in [-0.1, -0.05) is 13.8 Å². The van der Waals surface area contributed by atoms with Crippen molar-refractivity contribution in [3.63, 3.8) is 0 Å². The molecule has 4 nitrogen and oxygen atoms in total. The molecule has 0 spiro atoms. The van der Waals surface area contributed by atoms with Gasteiger partial charge in [0.2, 0.25) is 0 Å².